The number of halogens is 1. The summed E-state index contributed by atoms with van der Waals surface area (Å²) in [6.07, 6.45) is 0.194. The van der Waals surface area contributed by atoms with E-state index < -0.39 is 10.0 Å². The molecule has 5 nitrogen and oxygen atoms in total. The van der Waals surface area contributed by atoms with E-state index >= 15 is 0 Å². The smallest absolute Gasteiger partial charge is 0.261 e. The second-order valence-electron chi connectivity index (χ2n) is 7.01. The molecule has 0 aliphatic heterocycles. The van der Waals surface area contributed by atoms with Gasteiger partial charge in [0, 0.05) is 16.1 Å². The number of amides is 1. The summed E-state index contributed by atoms with van der Waals surface area (Å²) in [6, 6.07) is 26.1. The van der Waals surface area contributed by atoms with Gasteiger partial charge in [-0.25, -0.2) is 8.42 Å². The minimum absolute atomic E-state index is 0.108. The number of sulfonamides is 1. The lowest BCUT2D eigenvalue weighted by atomic mass is 10.1. The molecule has 0 fully saturated rings. The fourth-order valence-electron chi connectivity index (χ4n) is 3.23. The Balaban J connectivity index is 1.46. The summed E-state index contributed by atoms with van der Waals surface area (Å²) in [6.45, 7) is 0. The predicted molar refractivity (Wildman–Crippen MR) is 125 cm³/mol. The first-order valence-corrected chi connectivity index (χ1v) is 11.4. The van der Waals surface area contributed by atoms with E-state index in [4.69, 9.17) is 11.6 Å². The Morgan fingerprint density at radius 3 is 2.23 bits per heavy atom. The van der Waals surface area contributed by atoms with Gasteiger partial charge in [-0.15, -0.1) is 0 Å². The molecule has 0 aliphatic rings. The van der Waals surface area contributed by atoms with Crippen molar-refractivity contribution >= 4 is 49.7 Å². The minimum Gasteiger partial charge on any atom is -0.326 e. The summed E-state index contributed by atoms with van der Waals surface area (Å²) in [5.41, 5.74) is 1.86. The summed E-state index contributed by atoms with van der Waals surface area (Å²) < 4.78 is 28.3. The lowest BCUT2D eigenvalue weighted by molar-refractivity contribution is -0.115. The van der Waals surface area contributed by atoms with Crippen LogP contribution in [0.3, 0.4) is 0 Å². The van der Waals surface area contributed by atoms with E-state index in [1.807, 2.05) is 30.3 Å². The quantitative estimate of drug-likeness (QED) is 0.408. The summed E-state index contributed by atoms with van der Waals surface area (Å²) in [5, 5.41) is 5.14. The van der Waals surface area contributed by atoms with Crippen molar-refractivity contribution in [2.24, 2.45) is 0 Å². The Morgan fingerprint density at radius 2 is 1.48 bits per heavy atom. The largest absolute Gasteiger partial charge is 0.326 e. The number of hydrogen-bond donors (Lipinski definition) is 2. The Hall–Kier alpha value is -3.35. The average Bonchev–Trinajstić information content (AvgIpc) is 2.76. The number of fused-ring (bicyclic) bond motifs is 1. The van der Waals surface area contributed by atoms with Crippen molar-refractivity contribution in [2.75, 3.05) is 10.0 Å². The molecule has 4 rings (SSSR count). The minimum atomic E-state index is -3.78. The summed E-state index contributed by atoms with van der Waals surface area (Å²) >= 11 is 5.85. The Morgan fingerprint density at radius 1 is 0.806 bits per heavy atom. The van der Waals surface area contributed by atoms with Crippen LogP contribution in [0.4, 0.5) is 11.4 Å². The highest BCUT2D eigenvalue weighted by atomic mass is 35.5. The van der Waals surface area contributed by atoms with Crippen molar-refractivity contribution in [1.82, 2.24) is 0 Å². The molecule has 0 saturated heterocycles. The van der Waals surface area contributed by atoms with Crippen molar-refractivity contribution in [2.45, 2.75) is 11.3 Å². The van der Waals surface area contributed by atoms with Crippen LogP contribution in [0.5, 0.6) is 0 Å². The lowest BCUT2D eigenvalue weighted by Gasteiger charge is -2.11. The molecule has 0 radical (unpaired) electrons. The van der Waals surface area contributed by atoms with E-state index in [1.54, 1.807) is 48.5 Å². The molecule has 0 saturated carbocycles. The van der Waals surface area contributed by atoms with Crippen LogP contribution in [0.2, 0.25) is 5.02 Å². The van der Waals surface area contributed by atoms with Gasteiger partial charge in [0.05, 0.1) is 17.0 Å². The van der Waals surface area contributed by atoms with E-state index in [0.29, 0.717) is 16.4 Å². The zero-order valence-corrected chi connectivity index (χ0v) is 18.0. The molecule has 2 N–H and O–H groups in total. The number of carbonyl (C=O) groups is 1. The van der Waals surface area contributed by atoms with E-state index in [0.717, 1.165) is 16.3 Å². The van der Waals surface area contributed by atoms with Crippen molar-refractivity contribution in [3.63, 3.8) is 0 Å². The first kappa shape index (κ1) is 20.9. The number of benzene rings is 4. The third-order valence-corrected chi connectivity index (χ3v) is 6.39. The van der Waals surface area contributed by atoms with Crippen molar-refractivity contribution in [1.29, 1.82) is 0 Å². The Labute approximate surface area is 185 Å². The van der Waals surface area contributed by atoms with Gasteiger partial charge in [-0.2, -0.15) is 0 Å². The second kappa shape index (κ2) is 8.79. The highest BCUT2D eigenvalue weighted by Gasteiger charge is 2.16. The predicted octanol–water partition coefficient (Wildman–Crippen LogP) is 5.48. The fraction of sp³-hybridized carbons (Fsp3) is 0.0417. The molecular formula is C24H19ClN2O3S. The van der Waals surface area contributed by atoms with E-state index in [2.05, 4.69) is 10.0 Å². The van der Waals surface area contributed by atoms with Crippen LogP contribution in [0.1, 0.15) is 5.56 Å². The molecule has 0 atom stereocenters. The number of rotatable bonds is 6. The molecule has 7 heteroatoms. The van der Waals surface area contributed by atoms with Gasteiger partial charge in [0.2, 0.25) is 5.91 Å². The molecule has 31 heavy (non-hydrogen) atoms. The highest BCUT2D eigenvalue weighted by Crippen LogP contribution is 2.26. The number of anilines is 2. The maximum atomic E-state index is 12.8. The summed E-state index contributed by atoms with van der Waals surface area (Å²) in [5.74, 6) is -0.202. The number of hydrogen-bond acceptors (Lipinski definition) is 3. The van der Waals surface area contributed by atoms with E-state index in [9.17, 15) is 13.2 Å². The van der Waals surface area contributed by atoms with Crippen molar-refractivity contribution < 1.29 is 13.2 Å². The maximum Gasteiger partial charge on any atom is 0.261 e. The van der Waals surface area contributed by atoms with Gasteiger partial charge in [-0.1, -0.05) is 60.1 Å². The van der Waals surface area contributed by atoms with Gasteiger partial charge in [0.1, 0.15) is 0 Å². The van der Waals surface area contributed by atoms with Gasteiger partial charge in [0.25, 0.3) is 10.0 Å². The summed E-state index contributed by atoms with van der Waals surface area (Å²) in [4.78, 5) is 12.3. The molecule has 0 spiro atoms. The molecule has 0 bridgehead atoms. The first-order valence-electron chi connectivity index (χ1n) is 9.56. The van der Waals surface area contributed by atoms with Crippen LogP contribution >= 0.6 is 11.6 Å². The van der Waals surface area contributed by atoms with Crippen LogP contribution in [-0.2, 0) is 21.2 Å². The third-order valence-electron chi connectivity index (χ3n) is 4.76. The van der Waals surface area contributed by atoms with Crippen LogP contribution in [-0.4, -0.2) is 14.3 Å². The summed E-state index contributed by atoms with van der Waals surface area (Å²) in [7, 11) is -3.78. The van der Waals surface area contributed by atoms with Crippen LogP contribution < -0.4 is 10.0 Å². The molecule has 4 aromatic rings. The van der Waals surface area contributed by atoms with Crippen LogP contribution in [0.25, 0.3) is 10.8 Å². The Bertz CT molecular complexity index is 1330. The zero-order chi connectivity index (χ0) is 21.8. The van der Waals surface area contributed by atoms with E-state index in [1.165, 1.54) is 12.1 Å². The third kappa shape index (κ3) is 5.05. The van der Waals surface area contributed by atoms with Gasteiger partial charge in [-0.05, 0) is 53.4 Å². The molecule has 0 heterocycles. The molecule has 0 aliphatic carbocycles. The SMILES string of the molecule is O=C(Cc1ccc(Cl)cc1)Nc1ccc(S(=O)(=O)Nc2cccc3ccccc23)cc1. The normalized spacial score (nSPS) is 11.3. The van der Waals surface area contributed by atoms with E-state index in [-0.39, 0.29) is 17.2 Å². The molecule has 0 unspecified atom stereocenters. The molecule has 156 valence electrons. The van der Waals surface area contributed by atoms with Gasteiger partial charge < -0.3 is 5.32 Å². The lowest BCUT2D eigenvalue weighted by Crippen LogP contribution is -2.15. The van der Waals surface area contributed by atoms with Crippen molar-refractivity contribution in [3.8, 4) is 0 Å². The zero-order valence-electron chi connectivity index (χ0n) is 16.4. The van der Waals surface area contributed by atoms with Gasteiger partial charge >= 0.3 is 0 Å². The monoisotopic (exact) mass is 450 g/mol. The number of carbonyl (C=O) groups excluding carboxylic acids is 1. The van der Waals surface area contributed by atoms with Crippen molar-refractivity contribution in [3.05, 3.63) is 102 Å². The number of nitrogens with one attached hydrogen (secondary N) is 2. The fourth-order valence-corrected chi connectivity index (χ4v) is 4.43. The first-order chi connectivity index (χ1) is 14.9. The molecule has 0 aromatic heterocycles. The van der Waals surface area contributed by atoms with Crippen LogP contribution in [0.15, 0.2) is 95.9 Å². The van der Waals surface area contributed by atoms with Crippen LogP contribution in [0, 0.1) is 0 Å². The average molecular weight is 451 g/mol. The molecule has 4 aromatic carbocycles. The second-order valence-corrected chi connectivity index (χ2v) is 9.13. The van der Waals surface area contributed by atoms with Gasteiger partial charge in [0.15, 0.2) is 0 Å². The van der Waals surface area contributed by atoms with Gasteiger partial charge in [-0.3, -0.25) is 9.52 Å². The molecule has 1 amide bonds. The standard InChI is InChI=1S/C24H19ClN2O3S/c25-19-10-8-17(9-11-19)16-24(28)26-20-12-14-21(15-13-20)31(29,30)27-23-7-3-5-18-4-1-2-6-22(18)23/h1-15,27H,16H2,(H,26,28). The Kier molecular flexibility index (Phi) is 5.93. The topological polar surface area (TPSA) is 75.3 Å². The maximum absolute atomic E-state index is 12.8. The highest BCUT2D eigenvalue weighted by molar-refractivity contribution is 7.92. The molecular weight excluding hydrogens is 432 g/mol.